The minimum atomic E-state index is 0.706. The van der Waals surface area contributed by atoms with Crippen LogP contribution in [-0.2, 0) is 19.5 Å². The zero-order valence-corrected chi connectivity index (χ0v) is 15.3. The van der Waals surface area contributed by atoms with Crippen LogP contribution >= 0.6 is 0 Å². The lowest BCUT2D eigenvalue weighted by Crippen LogP contribution is -2.62. The Hall–Kier alpha value is -1.99. The van der Waals surface area contributed by atoms with Gasteiger partial charge in [-0.05, 0) is 18.9 Å². The van der Waals surface area contributed by atoms with E-state index < -0.39 is 0 Å². The van der Waals surface area contributed by atoms with Gasteiger partial charge in [0.05, 0.1) is 5.69 Å². The molecule has 3 aliphatic heterocycles. The number of piperazine rings is 1. The molecule has 0 amide bonds. The van der Waals surface area contributed by atoms with Gasteiger partial charge in [0.15, 0.2) is 0 Å². The second-order valence-electron chi connectivity index (χ2n) is 7.69. The van der Waals surface area contributed by atoms with E-state index in [-0.39, 0.29) is 0 Å². The third-order valence-electron chi connectivity index (χ3n) is 6.04. The topological polar surface area (TPSA) is 53.3 Å². The molecule has 0 N–H and O–H groups in total. The smallest absolute Gasteiger partial charge is 0.225 e. The van der Waals surface area contributed by atoms with E-state index in [2.05, 4.69) is 40.4 Å². The Bertz CT molecular complexity index is 730. The zero-order chi connectivity index (χ0) is 17.3. The maximum absolute atomic E-state index is 4.62. The molecule has 7 nitrogen and oxygen atoms in total. The first kappa shape index (κ1) is 16.2. The van der Waals surface area contributed by atoms with Crippen molar-refractivity contribution in [2.75, 3.05) is 44.2 Å². The summed E-state index contributed by atoms with van der Waals surface area (Å²) in [5, 5.41) is 0. The van der Waals surface area contributed by atoms with Crippen LogP contribution in [0.1, 0.15) is 24.4 Å². The Balaban J connectivity index is 1.11. The molecule has 3 aliphatic rings. The van der Waals surface area contributed by atoms with Gasteiger partial charge >= 0.3 is 0 Å². The molecule has 5 heterocycles. The van der Waals surface area contributed by atoms with Crippen LogP contribution in [0.15, 0.2) is 24.7 Å². The third kappa shape index (κ3) is 3.10. The number of aromatic nitrogens is 4. The molecule has 0 aliphatic carbocycles. The average molecular weight is 353 g/mol. The van der Waals surface area contributed by atoms with Gasteiger partial charge in [0.2, 0.25) is 5.95 Å². The molecule has 0 spiro atoms. The lowest BCUT2D eigenvalue weighted by molar-refractivity contribution is 0.0240. The van der Waals surface area contributed by atoms with Gasteiger partial charge in [-0.1, -0.05) is 0 Å². The van der Waals surface area contributed by atoms with Crippen molar-refractivity contribution in [1.82, 2.24) is 29.3 Å². The summed E-state index contributed by atoms with van der Waals surface area (Å²) in [6.07, 6.45) is 9.50. The highest BCUT2D eigenvalue weighted by Crippen LogP contribution is 2.22. The summed E-state index contributed by atoms with van der Waals surface area (Å²) in [4.78, 5) is 20.9. The van der Waals surface area contributed by atoms with Gasteiger partial charge in [-0.3, -0.25) is 9.80 Å². The number of hydrogen-bond donors (Lipinski definition) is 0. The third-order valence-corrected chi connectivity index (χ3v) is 6.04. The van der Waals surface area contributed by atoms with Gasteiger partial charge in [0.1, 0.15) is 5.82 Å². The summed E-state index contributed by atoms with van der Waals surface area (Å²) in [7, 11) is 0. The number of imidazole rings is 1. The molecule has 0 unspecified atom stereocenters. The Morgan fingerprint density at radius 1 is 0.923 bits per heavy atom. The summed E-state index contributed by atoms with van der Waals surface area (Å²) >= 11 is 0. The van der Waals surface area contributed by atoms with Crippen molar-refractivity contribution in [3.63, 3.8) is 0 Å². The predicted octanol–water partition coefficient (Wildman–Crippen LogP) is 1.02. The first-order chi connectivity index (χ1) is 12.9. The first-order valence-corrected chi connectivity index (χ1v) is 9.88. The van der Waals surface area contributed by atoms with E-state index in [9.17, 15) is 0 Å². The van der Waals surface area contributed by atoms with Crippen molar-refractivity contribution in [2.24, 2.45) is 0 Å². The van der Waals surface area contributed by atoms with E-state index >= 15 is 0 Å². The Morgan fingerprint density at radius 2 is 1.73 bits per heavy atom. The van der Waals surface area contributed by atoms with Crippen molar-refractivity contribution in [3.05, 3.63) is 36.2 Å². The largest absolute Gasteiger partial charge is 0.338 e. The minimum absolute atomic E-state index is 0.706. The maximum Gasteiger partial charge on any atom is 0.225 e. The van der Waals surface area contributed by atoms with Gasteiger partial charge in [-0.2, -0.15) is 0 Å². The zero-order valence-electron chi connectivity index (χ0n) is 15.3. The molecular formula is C19H27N7. The van der Waals surface area contributed by atoms with Crippen LogP contribution in [0.5, 0.6) is 0 Å². The second kappa shape index (κ2) is 6.96. The first-order valence-electron chi connectivity index (χ1n) is 9.88. The van der Waals surface area contributed by atoms with Crippen molar-refractivity contribution in [3.8, 4) is 0 Å². The van der Waals surface area contributed by atoms with Crippen molar-refractivity contribution in [2.45, 2.75) is 38.4 Å². The van der Waals surface area contributed by atoms with E-state index in [1.54, 1.807) is 0 Å². The Morgan fingerprint density at radius 3 is 2.54 bits per heavy atom. The second-order valence-corrected chi connectivity index (χ2v) is 7.69. The fourth-order valence-corrected chi connectivity index (χ4v) is 4.48. The molecule has 5 rings (SSSR count). The van der Waals surface area contributed by atoms with Crippen LogP contribution < -0.4 is 4.90 Å². The standard InChI is InChI=1S/C19H27N7/c1-2-7-26-16(12-22-18(26)4-1)13-23-14-17(15-23)24-8-10-25(11-9-24)19-20-5-3-6-21-19/h3,5-6,12,17H,1-2,4,7-11,13-15H2. The fraction of sp³-hybridized carbons (Fsp3) is 0.632. The van der Waals surface area contributed by atoms with Crippen molar-refractivity contribution in [1.29, 1.82) is 0 Å². The van der Waals surface area contributed by atoms with Crippen LogP contribution in [-0.4, -0.2) is 74.6 Å². The van der Waals surface area contributed by atoms with Gasteiger partial charge in [0.25, 0.3) is 0 Å². The number of nitrogens with zero attached hydrogens (tertiary/aromatic N) is 7. The van der Waals surface area contributed by atoms with E-state index in [0.29, 0.717) is 6.04 Å². The molecule has 2 saturated heterocycles. The molecule has 26 heavy (non-hydrogen) atoms. The molecular weight excluding hydrogens is 326 g/mol. The SMILES string of the molecule is c1cnc(N2CCN(C3CN(Cc4cnc5n4CCCC5)C3)CC2)nc1. The van der Waals surface area contributed by atoms with E-state index in [1.165, 1.54) is 37.4 Å². The van der Waals surface area contributed by atoms with Gasteiger partial charge in [0, 0.05) is 83.4 Å². The summed E-state index contributed by atoms with van der Waals surface area (Å²) in [5.74, 6) is 2.16. The molecule has 0 radical (unpaired) electrons. The van der Waals surface area contributed by atoms with E-state index in [1.807, 2.05) is 18.5 Å². The van der Waals surface area contributed by atoms with Gasteiger partial charge < -0.3 is 9.47 Å². The molecule has 2 fully saturated rings. The van der Waals surface area contributed by atoms with Gasteiger partial charge in [-0.15, -0.1) is 0 Å². The average Bonchev–Trinajstić information content (AvgIpc) is 3.08. The normalized spacial score (nSPS) is 22.2. The summed E-state index contributed by atoms with van der Waals surface area (Å²) in [5.41, 5.74) is 1.41. The van der Waals surface area contributed by atoms with E-state index in [0.717, 1.165) is 51.6 Å². The highest BCUT2D eigenvalue weighted by molar-refractivity contribution is 5.29. The lowest BCUT2D eigenvalue weighted by atomic mass is 10.1. The fourth-order valence-electron chi connectivity index (χ4n) is 4.48. The Kier molecular flexibility index (Phi) is 4.34. The quantitative estimate of drug-likeness (QED) is 0.818. The van der Waals surface area contributed by atoms with Crippen molar-refractivity contribution >= 4 is 5.95 Å². The molecule has 0 bridgehead atoms. The molecule has 0 aromatic carbocycles. The van der Waals surface area contributed by atoms with Crippen LogP contribution in [0.2, 0.25) is 0 Å². The number of likely N-dealkylation sites (tertiary alicyclic amines) is 1. The molecule has 138 valence electrons. The maximum atomic E-state index is 4.62. The molecule has 0 atom stereocenters. The molecule has 7 heteroatoms. The summed E-state index contributed by atoms with van der Waals surface area (Å²) in [6, 6.07) is 2.58. The summed E-state index contributed by atoms with van der Waals surface area (Å²) in [6.45, 7) is 8.85. The molecule has 2 aromatic rings. The number of hydrogen-bond acceptors (Lipinski definition) is 6. The number of fused-ring (bicyclic) bond motifs is 1. The molecule has 2 aromatic heterocycles. The summed E-state index contributed by atoms with van der Waals surface area (Å²) < 4.78 is 2.45. The van der Waals surface area contributed by atoms with E-state index in [4.69, 9.17) is 0 Å². The van der Waals surface area contributed by atoms with Gasteiger partial charge in [-0.25, -0.2) is 15.0 Å². The van der Waals surface area contributed by atoms with Crippen LogP contribution in [0.25, 0.3) is 0 Å². The monoisotopic (exact) mass is 353 g/mol. The lowest BCUT2D eigenvalue weighted by Gasteiger charge is -2.48. The number of anilines is 1. The number of rotatable bonds is 4. The highest BCUT2D eigenvalue weighted by Gasteiger charge is 2.34. The Labute approximate surface area is 154 Å². The van der Waals surface area contributed by atoms with Crippen molar-refractivity contribution < 1.29 is 0 Å². The van der Waals surface area contributed by atoms with Crippen LogP contribution in [0, 0.1) is 0 Å². The predicted molar refractivity (Wildman–Crippen MR) is 100 cm³/mol. The minimum Gasteiger partial charge on any atom is -0.338 e. The highest BCUT2D eigenvalue weighted by atomic mass is 15.4. The van der Waals surface area contributed by atoms with Crippen LogP contribution in [0.3, 0.4) is 0 Å². The van der Waals surface area contributed by atoms with Crippen LogP contribution in [0.4, 0.5) is 5.95 Å². The molecule has 0 saturated carbocycles. The number of aryl methyl sites for hydroxylation is 1.